The predicted molar refractivity (Wildman–Crippen MR) is 75.0 cm³/mol. The standard InChI is InChI=1S/C15H15ClN2O/c1-9-5-3-4-6-12(9)19-15-10(2)13(16)17-14(18-15)11-7-8-11/h3-6,11H,7-8H2,1-2H3. The summed E-state index contributed by atoms with van der Waals surface area (Å²) in [7, 11) is 0. The Kier molecular flexibility index (Phi) is 3.15. The van der Waals surface area contributed by atoms with E-state index in [1.54, 1.807) is 0 Å². The van der Waals surface area contributed by atoms with Gasteiger partial charge in [0.05, 0.1) is 0 Å². The summed E-state index contributed by atoms with van der Waals surface area (Å²) in [6.45, 7) is 3.89. The Labute approximate surface area is 117 Å². The van der Waals surface area contributed by atoms with E-state index in [0.717, 1.165) is 35.5 Å². The van der Waals surface area contributed by atoms with Gasteiger partial charge in [0.2, 0.25) is 5.88 Å². The number of aryl methyl sites for hydroxylation is 1. The highest BCUT2D eigenvalue weighted by molar-refractivity contribution is 6.30. The van der Waals surface area contributed by atoms with Crippen molar-refractivity contribution >= 4 is 11.6 Å². The van der Waals surface area contributed by atoms with Crippen molar-refractivity contribution in [3.63, 3.8) is 0 Å². The first-order valence-corrected chi connectivity index (χ1v) is 6.80. The lowest BCUT2D eigenvalue weighted by molar-refractivity contribution is 0.451. The Morgan fingerprint density at radius 3 is 2.58 bits per heavy atom. The summed E-state index contributed by atoms with van der Waals surface area (Å²) in [4.78, 5) is 8.85. The molecule has 1 saturated carbocycles. The van der Waals surface area contributed by atoms with E-state index in [4.69, 9.17) is 16.3 Å². The second-order valence-electron chi connectivity index (χ2n) is 4.94. The highest BCUT2D eigenvalue weighted by Crippen LogP contribution is 2.40. The fourth-order valence-electron chi connectivity index (χ4n) is 1.88. The minimum Gasteiger partial charge on any atom is -0.438 e. The maximum atomic E-state index is 6.17. The lowest BCUT2D eigenvalue weighted by Crippen LogP contribution is -2.00. The highest BCUT2D eigenvalue weighted by atomic mass is 35.5. The third-order valence-electron chi connectivity index (χ3n) is 3.30. The Hall–Kier alpha value is -1.61. The quantitative estimate of drug-likeness (QED) is 0.777. The Morgan fingerprint density at radius 2 is 1.89 bits per heavy atom. The zero-order valence-corrected chi connectivity index (χ0v) is 11.7. The second-order valence-corrected chi connectivity index (χ2v) is 5.30. The molecule has 1 aliphatic carbocycles. The topological polar surface area (TPSA) is 35.0 Å². The van der Waals surface area contributed by atoms with Gasteiger partial charge < -0.3 is 4.74 Å². The first kappa shape index (κ1) is 12.4. The van der Waals surface area contributed by atoms with E-state index in [1.807, 2.05) is 38.1 Å². The molecule has 0 spiro atoms. The van der Waals surface area contributed by atoms with Gasteiger partial charge in [0, 0.05) is 11.5 Å². The number of rotatable bonds is 3. The van der Waals surface area contributed by atoms with Crippen LogP contribution < -0.4 is 4.74 Å². The molecule has 0 atom stereocenters. The third-order valence-corrected chi connectivity index (χ3v) is 3.67. The number of ether oxygens (including phenoxy) is 1. The first-order valence-electron chi connectivity index (χ1n) is 6.42. The Morgan fingerprint density at radius 1 is 1.16 bits per heavy atom. The van der Waals surface area contributed by atoms with Crippen LogP contribution in [0.2, 0.25) is 5.15 Å². The van der Waals surface area contributed by atoms with Gasteiger partial charge in [0.25, 0.3) is 0 Å². The molecule has 3 nitrogen and oxygen atoms in total. The highest BCUT2D eigenvalue weighted by Gasteiger charge is 2.28. The van der Waals surface area contributed by atoms with Crippen molar-refractivity contribution in [3.05, 3.63) is 46.4 Å². The van der Waals surface area contributed by atoms with Gasteiger partial charge in [-0.05, 0) is 38.3 Å². The number of benzene rings is 1. The monoisotopic (exact) mass is 274 g/mol. The predicted octanol–water partition coefficient (Wildman–Crippen LogP) is 4.42. The number of para-hydroxylation sites is 1. The summed E-state index contributed by atoms with van der Waals surface area (Å²) in [6.07, 6.45) is 2.28. The molecule has 1 heterocycles. The molecule has 0 unspecified atom stereocenters. The molecule has 4 heteroatoms. The minimum absolute atomic E-state index is 0.456. The average Bonchev–Trinajstić information content (AvgIpc) is 3.21. The van der Waals surface area contributed by atoms with Crippen LogP contribution in [0.15, 0.2) is 24.3 Å². The first-order chi connectivity index (χ1) is 9.15. The van der Waals surface area contributed by atoms with Gasteiger partial charge in [-0.25, -0.2) is 4.98 Å². The molecule has 2 aromatic rings. The molecule has 1 aliphatic rings. The average molecular weight is 275 g/mol. The van der Waals surface area contributed by atoms with Crippen LogP contribution in [0.1, 0.15) is 35.7 Å². The lowest BCUT2D eigenvalue weighted by Gasteiger charge is -2.11. The van der Waals surface area contributed by atoms with Gasteiger partial charge in [-0.3, -0.25) is 0 Å². The van der Waals surface area contributed by atoms with E-state index in [2.05, 4.69) is 9.97 Å². The van der Waals surface area contributed by atoms with Gasteiger partial charge in [-0.2, -0.15) is 4.98 Å². The second kappa shape index (κ2) is 4.82. The van der Waals surface area contributed by atoms with E-state index in [9.17, 15) is 0 Å². The molecular formula is C15H15ClN2O. The number of nitrogens with zero attached hydrogens (tertiary/aromatic N) is 2. The van der Waals surface area contributed by atoms with Crippen molar-refractivity contribution in [2.45, 2.75) is 32.6 Å². The van der Waals surface area contributed by atoms with Gasteiger partial charge in [0.15, 0.2) is 0 Å². The third kappa shape index (κ3) is 2.56. The molecule has 3 rings (SSSR count). The van der Waals surface area contributed by atoms with Crippen molar-refractivity contribution in [3.8, 4) is 11.6 Å². The Balaban J connectivity index is 1.98. The van der Waals surface area contributed by atoms with E-state index < -0.39 is 0 Å². The van der Waals surface area contributed by atoms with Crippen molar-refractivity contribution in [2.24, 2.45) is 0 Å². The summed E-state index contributed by atoms with van der Waals surface area (Å²) in [6, 6.07) is 7.87. The van der Waals surface area contributed by atoms with Crippen molar-refractivity contribution in [1.82, 2.24) is 9.97 Å². The van der Waals surface area contributed by atoms with Crippen LogP contribution in [-0.2, 0) is 0 Å². The van der Waals surface area contributed by atoms with Crippen molar-refractivity contribution < 1.29 is 4.74 Å². The number of hydrogen-bond donors (Lipinski definition) is 0. The summed E-state index contributed by atoms with van der Waals surface area (Å²) in [5.74, 6) is 2.63. The zero-order valence-electron chi connectivity index (χ0n) is 11.0. The van der Waals surface area contributed by atoms with Crippen LogP contribution in [0.4, 0.5) is 0 Å². The molecule has 1 aromatic heterocycles. The van der Waals surface area contributed by atoms with E-state index >= 15 is 0 Å². The molecule has 0 aliphatic heterocycles. The summed E-state index contributed by atoms with van der Waals surface area (Å²) >= 11 is 6.17. The molecule has 0 N–H and O–H groups in total. The molecule has 0 radical (unpaired) electrons. The minimum atomic E-state index is 0.456. The number of halogens is 1. The molecule has 19 heavy (non-hydrogen) atoms. The van der Waals surface area contributed by atoms with Crippen molar-refractivity contribution in [2.75, 3.05) is 0 Å². The normalized spacial score (nSPS) is 14.5. The van der Waals surface area contributed by atoms with Crippen molar-refractivity contribution in [1.29, 1.82) is 0 Å². The SMILES string of the molecule is Cc1ccccc1Oc1nc(C2CC2)nc(Cl)c1C. The number of aromatic nitrogens is 2. The molecular weight excluding hydrogens is 260 g/mol. The molecule has 1 fully saturated rings. The Bertz CT molecular complexity index is 624. The van der Waals surface area contributed by atoms with E-state index in [1.165, 1.54) is 0 Å². The largest absolute Gasteiger partial charge is 0.438 e. The molecule has 98 valence electrons. The smallest absolute Gasteiger partial charge is 0.227 e. The van der Waals surface area contributed by atoms with E-state index in [-0.39, 0.29) is 0 Å². The van der Waals surface area contributed by atoms with Gasteiger partial charge in [-0.1, -0.05) is 29.8 Å². The number of hydrogen-bond acceptors (Lipinski definition) is 3. The van der Waals surface area contributed by atoms with Crippen LogP contribution in [0.3, 0.4) is 0 Å². The summed E-state index contributed by atoms with van der Waals surface area (Å²) in [5.41, 5.74) is 1.86. The maximum Gasteiger partial charge on any atom is 0.227 e. The fourth-order valence-corrected chi connectivity index (χ4v) is 2.05. The fraction of sp³-hybridized carbons (Fsp3) is 0.333. The lowest BCUT2D eigenvalue weighted by atomic mass is 10.2. The zero-order chi connectivity index (χ0) is 13.4. The van der Waals surface area contributed by atoms with Crippen LogP contribution in [0, 0.1) is 13.8 Å². The van der Waals surface area contributed by atoms with Crippen LogP contribution in [0.5, 0.6) is 11.6 Å². The molecule has 1 aromatic carbocycles. The molecule has 0 bridgehead atoms. The van der Waals surface area contributed by atoms with Gasteiger partial charge in [0.1, 0.15) is 16.7 Å². The summed E-state index contributed by atoms with van der Waals surface area (Å²) < 4.78 is 5.90. The van der Waals surface area contributed by atoms with Gasteiger partial charge in [-0.15, -0.1) is 0 Å². The van der Waals surface area contributed by atoms with Crippen LogP contribution >= 0.6 is 11.6 Å². The molecule has 0 amide bonds. The summed E-state index contributed by atoms with van der Waals surface area (Å²) in [5, 5.41) is 0.487. The van der Waals surface area contributed by atoms with Gasteiger partial charge >= 0.3 is 0 Å². The van der Waals surface area contributed by atoms with E-state index in [0.29, 0.717) is 17.0 Å². The van der Waals surface area contributed by atoms with Crippen LogP contribution in [-0.4, -0.2) is 9.97 Å². The van der Waals surface area contributed by atoms with Crippen LogP contribution in [0.25, 0.3) is 0 Å². The maximum absolute atomic E-state index is 6.17. The molecule has 0 saturated heterocycles.